The Balaban J connectivity index is 1.61. The number of para-hydroxylation sites is 1. The van der Waals surface area contributed by atoms with Crippen molar-refractivity contribution in [2.24, 2.45) is 7.05 Å². The minimum Gasteiger partial charge on any atom is -0.338 e. The number of nitrogens with zero attached hydrogens (tertiary/aromatic N) is 4. The predicted octanol–water partition coefficient (Wildman–Crippen LogP) is 4.86. The molecule has 4 aromatic rings. The van der Waals surface area contributed by atoms with Gasteiger partial charge in [-0.3, -0.25) is 9.36 Å². The highest BCUT2D eigenvalue weighted by molar-refractivity contribution is 7.99. The molecule has 2 aromatic carbocycles. The van der Waals surface area contributed by atoms with Gasteiger partial charge in [-0.05, 0) is 31.2 Å². The van der Waals surface area contributed by atoms with Gasteiger partial charge in [0.05, 0.1) is 21.7 Å². The zero-order valence-electron chi connectivity index (χ0n) is 15.8. The van der Waals surface area contributed by atoms with Crippen molar-refractivity contribution in [3.05, 3.63) is 70.3 Å². The van der Waals surface area contributed by atoms with Gasteiger partial charge in [0.2, 0.25) is 11.7 Å². The van der Waals surface area contributed by atoms with Crippen LogP contribution in [-0.4, -0.2) is 19.7 Å². The number of fused-ring (bicyclic) bond motifs is 1. The van der Waals surface area contributed by atoms with Gasteiger partial charge in [0.1, 0.15) is 0 Å². The summed E-state index contributed by atoms with van der Waals surface area (Å²) in [4.78, 5) is 21.3. The zero-order valence-corrected chi connectivity index (χ0v) is 16.7. The van der Waals surface area contributed by atoms with E-state index in [9.17, 15) is 18.0 Å². The molecule has 30 heavy (non-hydrogen) atoms. The van der Waals surface area contributed by atoms with Gasteiger partial charge in [0.25, 0.3) is 5.56 Å². The lowest BCUT2D eigenvalue weighted by Crippen LogP contribution is -2.20. The van der Waals surface area contributed by atoms with E-state index in [-0.39, 0.29) is 28.1 Å². The first kappa shape index (κ1) is 20.1. The molecule has 0 aliphatic heterocycles. The van der Waals surface area contributed by atoms with Crippen LogP contribution in [0.3, 0.4) is 0 Å². The molecule has 0 aliphatic rings. The fourth-order valence-electron chi connectivity index (χ4n) is 2.86. The summed E-state index contributed by atoms with van der Waals surface area (Å²) in [6.07, 6.45) is -4.46. The molecule has 0 N–H and O–H groups in total. The molecule has 1 unspecified atom stereocenters. The monoisotopic (exact) mass is 432 g/mol. The highest BCUT2D eigenvalue weighted by Crippen LogP contribution is 2.35. The lowest BCUT2D eigenvalue weighted by molar-refractivity contribution is -0.137. The first-order valence-corrected chi connectivity index (χ1v) is 9.75. The van der Waals surface area contributed by atoms with Gasteiger partial charge in [-0.1, -0.05) is 41.2 Å². The third-order valence-electron chi connectivity index (χ3n) is 4.46. The summed E-state index contributed by atoms with van der Waals surface area (Å²) in [7, 11) is 1.62. The van der Waals surface area contributed by atoms with Crippen LogP contribution < -0.4 is 5.56 Å². The number of thioether (sulfide) groups is 1. The molecular weight excluding hydrogens is 417 g/mol. The molecule has 0 amide bonds. The van der Waals surface area contributed by atoms with E-state index >= 15 is 0 Å². The summed E-state index contributed by atoms with van der Waals surface area (Å²) < 4.78 is 45.5. The molecule has 0 saturated carbocycles. The van der Waals surface area contributed by atoms with E-state index in [0.29, 0.717) is 16.1 Å². The number of hydrogen-bond acceptors (Lipinski definition) is 6. The van der Waals surface area contributed by atoms with Crippen LogP contribution in [0.25, 0.3) is 22.3 Å². The molecule has 0 fully saturated rings. The molecule has 4 rings (SSSR count). The Labute approximate surface area is 172 Å². The second-order valence-electron chi connectivity index (χ2n) is 6.57. The van der Waals surface area contributed by atoms with Crippen LogP contribution in [0.1, 0.15) is 23.6 Å². The topological polar surface area (TPSA) is 73.8 Å². The van der Waals surface area contributed by atoms with Crippen molar-refractivity contribution in [3.8, 4) is 11.4 Å². The van der Waals surface area contributed by atoms with Crippen LogP contribution in [0.2, 0.25) is 0 Å². The second-order valence-corrected chi connectivity index (χ2v) is 7.88. The summed E-state index contributed by atoms with van der Waals surface area (Å²) in [6.45, 7) is 1.79. The number of benzene rings is 2. The quantitative estimate of drug-likeness (QED) is 0.339. The highest BCUT2D eigenvalue weighted by Gasteiger charge is 2.31. The number of hydrogen-bond donors (Lipinski definition) is 0. The Kier molecular flexibility index (Phi) is 5.10. The molecule has 0 spiro atoms. The number of aromatic nitrogens is 4. The fourth-order valence-corrected chi connectivity index (χ4v) is 3.77. The molecule has 2 heterocycles. The van der Waals surface area contributed by atoms with Crippen LogP contribution in [0.15, 0.2) is 63.0 Å². The maximum atomic E-state index is 12.9. The number of rotatable bonds is 4. The van der Waals surface area contributed by atoms with Gasteiger partial charge in [0, 0.05) is 12.6 Å². The third kappa shape index (κ3) is 3.82. The average Bonchev–Trinajstić information content (AvgIpc) is 3.22. The summed E-state index contributed by atoms with van der Waals surface area (Å²) in [5.74, 6) is 0.277. The molecule has 2 aromatic heterocycles. The molecule has 10 heteroatoms. The number of halogens is 3. The smallest absolute Gasteiger partial charge is 0.338 e. The van der Waals surface area contributed by atoms with Gasteiger partial charge in [-0.2, -0.15) is 18.2 Å². The minimum absolute atomic E-state index is 0.0592. The maximum Gasteiger partial charge on any atom is 0.416 e. The van der Waals surface area contributed by atoms with Crippen molar-refractivity contribution in [3.63, 3.8) is 0 Å². The van der Waals surface area contributed by atoms with Gasteiger partial charge in [0.15, 0.2) is 5.16 Å². The van der Waals surface area contributed by atoms with Crippen molar-refractivity contribution < 1.29 is 17.7 Å². The Morgan fingerprint density at radius 3 is 2.63 bits per heavy atom. The fraction of sp³-hybridized carbons (Fsp3) is 0.200. The normalized spacial score (nSPS) is 13.0. The van der Waals surface area contributed by atoms with Crippen molar-refractivity contribution in [1.29, 1.82) is 0 Å². The number of alkyl halides is 3. The molecule has 0 bridgehead atoms. The Bertz CT molecular complexity index is 1280. The Hall–Kier alpha value is -3.14. The van der Waals surface area contributed by atoms with Crippen LogP contribution in [-0.2, 0) is 13.2 Å². The van der Waals surface area contributed by atoms with E-state index in [2.05, 4.69) is 15.1 Å². The van der Waals surface area contributed by atoms with Crippen molar-refractivity contribution in [2.75, 3.05) is 0 Å². The first-order chi connectivity index (χ1) is 14.2. The predicted molar refractivity (Wildman–Crippen MR) is 106 cm³/mol. The molecule has 6 nitrogen and oxygen atoms in total. The summed E-state index contributed by atoms with van der Waals surface area (Å²) in [6, 6.07) is 11.8. The third-order valence-corrected chi connectivity index (χ3v) is 5.59. The van der Waals surface area contributed by atoms with Crippen molar-refractivity contribution in [2.45, 2.75) is 23.5 Å². The average molecular weight is 432 g/mol. The van der Waals surface area contributed by atoms with Gasteiger partial charge in [-0.15, -0.1) is 0 Å². The van der Waals surface area contributed by atoms with E-state index in [0.717, 1.165) is 12.1 Å². The molecular formula is C20H15F3N4O2S. The summed E-state index contributed by atoms with van der Waals surface area (Å²) in [5, 5.41) is 4.41. The van der Waals surface area contributed by atoms with E-state index in [4.69, 9.17) is 4.52 Å². The van der Waals surface area contributed by atoms with E-state index in [1.807, 2.05) is 0 Å². The van der Waals surface area contributed by atoms with E-state index in [1.54, 1.807) is 38.2 Å². The summed E-state index contributed by atoms with van der Waals surface area (Å²) >= 11 is 1.24. The molecule has 0 saturated heterocycles. The van der Waals surface area contributed by atoms with Crippen LogP contribution in [0.5, 0.6) is 0 Å². The first-order valence-electron chi connectivity index (χ1n) is 8.87. The molecule has 0 aliphatic carbocycles. The van der Waals surface area contributed by atoms with E-state index in [1.165, 1.54) is 28.5 Å². The van der Waals surface area contributed by atoms with Gasteiger partial charge >= 0.3 is 6.18 Å². The summed E-state index contributed by atoms with van der Waals surface area (Å²) in [5.41, 5.74) is -0.187. The minimum atomic E-state index is -4.46. The lowest BCUT2D eigenvalue weighted by Gasteiger charge is -2.11. The van der Waals surface area contributed by atoms with Gasteiger partial charge < -0.3 is 4.52 Å². The molecule has 0 radical (unpaired) electrons. The van der Waals surface area contributed by atoms with Crippen LogP contribution >= 0.6 is 11.8 Å². The molecule has 154 valence electrons. The van der Waals surface area contributed by atoms with Gasteiger partial charge in [-0.25, -0.2) is 4.98 Å². The maximum absolute atomic E-state index is 12.9. The molecule has 1 atom stereocenters. The Morgan fingerprint density at radius 1 is 1.10 bits per heavy atom. The van der Waals surface area contributed by atoms with Crippen LogP contribution in [0.4, 0.5) is 13.2 Å². The SMILES string of the molecule is CC(Sc1nc2ccccc2c(=O)n1C)c1nc(-c2cccc(C(F)(F)F)c2)no1. The zero-order chi connectivity index (χ0) is 21.5. The van der Waals surface area contributed by atoms with Crippen molar-refractivity contribution in [1.82, 2.24) is 19.7 Å². The highest BCUT2D eigenvalue weighted by atomic mass is 32.2. The lowest BCUT2D eigenvalue weighted by atomic mass is 10.1. The Morgan fingerprint density at radius 2 is 1.87 bits per heavy atom. The van der Waals surface area contributed by atoms with Crippen molar-refractivity contribution >= 4 is 22.7 Å². The second kappa shape index (κ2) is 7.60. The largest absolute Gasteiger partial charge is 0.416 e. The van der Waals surface area contributed by atoms with Crippen LogP contribution in [0, 0.1) is 0 Å². The standard InChI is InChI=1S/C20H15F3N4O2S/c1-11(30-19-24-15-9-4-3-8-14(15)18(28)27(19)2)17-25-16(26-29-17)12-6-5-7-13(10-12)20(21,22)23/h3-11H,1-2H3. The van der Waals surface area contributed by atoms with E-state index < -0.39 is 11.7 Å².